The van der Waals surface area contributed by atoms with Crippen molar-refractivity contribution in [3.8, 4) is 5.75 Å². The molecule has 0 bridgehead atoms. The molecule has 2 heterocycles. The first-order valence-electron chi connectivity index (χ1n) is 4.57. The summed E-state index contributed by atoms with van der Waals surface area (Å²) < 4.78 is 7.16. The fourth-order valence-corrected chi connectivity index (χ4v) is 1.52. The molecular weight excluding hydrogens is 182 g/mol. The molecule has 1 fully saturated rings. The molecule has 1 saturated heterocycles. The van der Waals surface area contributed by atoms with Crippen molar-refractivity contribution >= 4 is 5.91 Å². The molecule has 1 unspecified atom stereocenters. The predicted octanol–water partition coefficient (Wildman–Crippen LogP) is 0.0296. The number of likely N-dealkylation sites (tertiary alicyclic amines) is 1. The zero-order valence-electron chi connectivity index (χ0n) is 8.30. The number of likely N-dealkylation sites (N-methyl/N-ethyl adjacent to an activating group) is 1. The van der Waals surface area contributed by atoms with E-state index >= 15 is 0 Å². The first kappa shape index (κ1) is 9.05. The summed E-state index contributed by atoms with van der Waals surface area (Å²) in [4.78, 5) is 13.2. The Balaban J connectivity index is 2.02. The molecule has 0 aromatic carbocycles. The minimum Gasteiger partial charge on any atom is -0.477 e. The third-order valence-electron chi connectivity index (χ3n) is 2.34. The highest BCUT2D eigenvalue weighted by Crippen LogP contribution is 2.17. The van der Waals surface area contributed by atoms with Crippen molar-refractivity contribution in [1.82, 2.24) is 14.7 Å². The molecule has 0 saturated carbocycles. The molecule has 1 aliphatic rings. The fraction of sp³-hybridized carbons (Fsp3) is 0.556. The number of hydrogen-bond acceptors (Lipinski definition) is 3. The van der Waals surface area contributed by atoms with E-state index in [4.69, 9.17) is 4.74 Å². The van der Waals surface area contributed by atoms with Crippen LogP contribution in [0.1, 0.15) is 6.42 Å². The average molecular weight is 195 g/mol. The Labute approximate surface area is 82.3 Å². The molecule has 1 amide bonds. The quantitative estimate of drug-likeness (QED) is 0.669. The lowest BCUT2D eigenvalue weighted by Crippen LogP contribution is -2.29. The smallest absolute Gasteiger partial charge is 0.263 e. The van der Waals surface area contributed by atoms with Gasteiger partial charge >= 0.3 is 0 Å². The van der Waals surface area contributed by atoms with Crippen molar-refractivity contribution in [3.05, 3.63) is 12.4 Å². The number of carbonyl (C=O) groups is 1. The van der Waals surface area contributed by atoms with Crippen molar-refractivity contribution in [3.63, 3.8) is 0 Å². The monoisotopic (exact) mass is 195 g/mol. The summed E-state index contributed by atoms with van der Waals surface area (Å²) in [7, 11) is 3.60. The Hall–Kier alpha value is -1.52. The third kappa shape index (κ3) is 1.57. The molecule has 0 aliphatic carbocycles. The highest BCUT2D eigenvalue weighted by Gasteiger charge is 2.30. The van der Waals surface area contributed by atoms with Gasteiger partial charge in [-0.2, -0.15) is 5.10 Å². The first-order chi connectivity index (χ1) is 6.66. The average Bonchev–Trinajstić information content (AvgIpc) is 2.67. The van der Waals surface area contributed by atoms with Crippen LogP contribution < -0.4 is 4.74 Å². The van der Waals surface area contributed by atoms with Crippen LogP contribution in [0.4, 0.5) is 0 Å². The lowest BCUT2D eigenvalue weighted by atomic mass is 10.3. The van der Waals surface area contributed by atoms with Gasteiger partial charge in [0.2, 0.25) is 0 Å². The Bertz CT molecular complexity index is 348. The van der Waals surface area contributed by atoms with Gasteiger partial charge in [-0.05, 0) is 0 Å². The van der Waals surface area contributed by atoms with E-state index in [1.807, 2.05) is 7.05 Å². The molecule has 5 nitrogen and oxygen atoms in total. The first-order valence-corrected chi connectivity index (χ1v) is 4.57. The molecule has 1 aromatic rings. The molecule has 0 spiro atoms. The zero-order chi connectivity index (χ0) is 10.1. The Morgan fingerprint density at radius 1 is 1.57 bits per heavy atom. The van der Waals surface area contributed by atoms with Crippen LogP contribution in [-0.4, -0.2) is 40.3 Å². The lowest BCUT2D eigenvalue weighted by molar-refractivity contribution is -0.132. The second-order valence-electron chi connectivity index (χ2n) is 3.50. The standard InChI is InChI=1S/C9H13N3O2/c1-11-4-3-8(9(11)13)14-7-5-10-12(2)6-7/h5-6,8H,3-4H2,1-2H3. The third-order valence-corrected chi connectivity index (χ3v) is 2.34. The van der Waals surface area contributed by atoms with Gasteiger partial charge in [-0.25, -0.2) is 0 Å². The normalized spacial score (nSPS) is 21.7. The summed E-state index contributed by atoms with van der Waals surface area (Å²) in [6.07, 6.45) is 3.80. The van der Waals surface area contributed by atoms with E-state index in [0.717, 1.165) is 13.0 Å². The van der Waals surface area contributed by atoms with Crippen LogP contribution >= 0.6 is 0 Å². The van der Waals surface area contributed by atoms with Gasteiger partial charge in [0.1, 0.15) is 0 Å². The largest absolute Gasteiger partial charge is 0.477 e. The van der Waals surface area contributed by atoms with E-state index in [1.165, 1.54) is 0 Å². The fourth-order valence-electron chi connectivity index (χ4n) is 1.52. The number of aryl methyl sites for hydroxylation is 1. The summed E-state index contributed by atoms with van der Waals surface area (Å²) in [6, 6.07) is 0. The van der Waals surface area contributed by atoms with Gasteiger partial charge < -0.3 is 9.64 Å². The molecule has 1 atom stereocenters. The van der Waals surface area contributed by atoms with E-state index in [2.05, 4.69) is 5.10 Å². The van der Waals surface area contributed by atoms with Crippen molar-refractivity contribution in [1.29, 1.82) is 0 Å². The second kappa shape index (κ2) is 3.32. The number of hydrogen-bond donors (Lipinski definition) is 0. The minimum atomic E-state index is -0.329. The van der Waals surface area contributed by atoms with E-state index in [9.17, 15) is 4.79 Å². The van der Waals surface area contributed by atoms with Crippen molar-refractivity contribution < 1.29 is 9.53 Å². The van der Waals surface area contributed by atoms with E-state index < -0.39 is 0 Å². The highest BCUT2D eigenvalue weighted by atomic mass is 16.5. The maximum absolute atomic E-state index is 11.5. The topological polar surface area (TPSA) is 47.4 Å². The number of ether oxygens (including phenoxy) is 1. The van der Waals surface area contributed by atoms with Crippen LogP contribution in [0.15, 0.2) is 12.4 Å². The van der Waals surface area contributed by atoms with Gasteiger partial charge in [0.15, 0.2) is 11.9 Å². The number of rotatable bonds is 2. The van der Waals surface area contributed by atoms with E-state index in [0.29, 0.717) is 5.75 Å². The van der Waals surface area contributed by atoms with Crippen molar-refractivity contribution in [2.75, 3.05) is 13.6 Å². The number of nitrogens with zero attached hydrogens (tertiary/aromatic N) is 3. The van der Waals surface area contributed by atoms with Gasteiger partial charge in [-0.3, -0.25) is 9.48 Å². The second-order valence-corrected chi connectivity index (χ2v) is 3.50. The van der Waals surface area contributed by atoms with Gasteiger partial charge in [0, 0.05) is 27.1 Å². The molecule has 2 rings (SSSR count). The van der Waals surface area contributed by atoms with Gasteiger partial charge in [-0.1, -0.05) is 0 Å². The molecule has 14 heavy (non-hydrogen) atoms. The van der Waals surface area contributed by atoms with Crippen LogP contribution in [-0.2, 0) is 11.8 Å². The van der Waals surface area contributed by atoms with Crippen LogP contribution in [0.2, 0.25) is 0 Å². The summed E-state index contributed by atoms with van der Waals surface area (Å²) >= 11 is 0. The van der Waals surface area contributed by atoms with E-state index in [1.54, 1.807) is 29.0 Å². The van der Waals surface area contributed by atoms with Gasteiger partial charge in [0.25, 0.3) is 5.91 Å². The summed E-state index contributed by atoms with van der Waals surface area (Å²) in [5, 5.41) is 3.97. The maximum Gasteiger partial charge on any atom is 0.263 e. The lowest BCUT2D eigenvalue weighted by Gasteiger charge is -2.10. The molecule has 0 N–H and O–H groups in total. The molecule has 0 radical (unpaired) electrons. The molecule has 1 aromatic heterocycles. The molecule has 76 valence electrons. The number of aromatic nitrogens is 2. The number of carbonyl (C=O) groups excluding carboxylic acids is 1. The van der Waals surface area contributed by atoms with Gasteiger partial charge in [0.05, 0.1) is 12.4 Å². The van der Waals surface area contributed by atoms with Crippen molar-refractivity contribution in [2.45, 2.75) is 12.5 Å². The Kier molecular flexibility index (Phi) is 2.15. The summed E-state index contributed by atoms with van der Waals surface area (Å²) in [5.74, 6) is 0.704. The summed E-state index contributed by atoms with van der Waals surface area (Å²) in [6.45, 7) is 0.768. The maximum atomic E-state index is 11.5. The Morgan fingerprint density at radius 2 is 2.36 bits per heavy atom. The molecule has 5 heteroatoms. The van der Waals surface area contributed by atoms with Crippen LogP contribution in [0.3, 0.4) is 0 Å². The van der Waals surface area contributed by atoms with Crippen LogP contribution in [0, 0.1) is 0 Å². The SMILES string of the molecule is CN1CCC(Oc2cnn(C)c2)C1=O. The highest BCUT2D eigenvalue weighted by molar-refractivity contribution is 5.83. The van der Waals surface area contributed by atoms with Gasteiger partial charge in [-0.15, -0.1) is 0 Å². The minimum absolute atomic E-state index is 0.0499. The zero-order valence-corrected chi connectivity index (χ0v) is 8.30. The number of amides is 1. The predicted molar refractivity (Wildman–Crippen MR) is 49.9 cm³/mol. The molecule has 1 aliphatic heterocycles. The van der Waals surface area contributed by atoms with Crippen LogP contribution in [0.5, 0.6) is 5.75 Å². The molecular formula is C9H13N3O2. The summed E-state index contributed by atoms with van der Waals surface area (Å²) in [5.41, 5.74) is 0. The Morgan fingerprint density at radius 3 is 2.86 bits per heavy atom. The van der Waals surface area contributed by atoms with Crippen LogP contribution in [0.25, 0.3) is 0 Å². The van der Waals surface area contributed by atoms with Crippen molar-refractivity contribution in [2.24, 2.45) is 7.05 Å². The van der Waals surface area contributed by atoms with E-state index in [-0.39, 0.29) is 12.0 Å².